The third-order valence-electron chi connectivity index (χ3n) is 5.96. The zero-order valence-electron chi connectivity index (χ0n) is 19.4. The summed E-state index contributed by atoms with van der Waals surface area (Å²) in [5, 5.41) is 8.49. The number of hydrogen-bond acceptors (Lipinski definition) is 6. The SMILES string of the molecule is COc1cc2ncnc(-c3cn(C)nc3-c3ccccc3)c2cc1NC(=O)N1CCOC[C@@H]1C. The summed E-state index contributed by atoms with van der Waals surface area (Å²) in [5.74, 6) is 0.529. The maximum Gasteiger partial charge on any atom is 0.322 e. The van der Waals surface area contributed by atoms with Crippen LogP contribution < -0.4 is 10.1 Å². The molecule has 0 bridgehead atoms. The van der Waals surface area contributed by atoms with Crippen LogP contribution in [0.25, 0.3) is 33.4 Å². The molecular weight excluding hydrogens is 432 g/mol. The Kier molecular flexibility index (Phi) is 5.85. The van der Waals surface area contributed by atoms with Gasteiger partial charge in [0.2, 0.25) is 0 Å². The number of carbonyl (C=O) groups is 1. The number of urea groups is 1. The molecule has 1 atom stereocenters. The van der Waals surface area contributed by atoms with Gasteiger partial charge in [-0.3, -0.25) is 4.68 Å². The van der Waals surface area contributed by atoms with E-state index in [4.69, 9.17) is 9.47 Å². The number of carbonyl (C=O) groups excluding carboxylic acids is 1. The van der Waals surface area contributed by atoms with Crippen molar-refractivity contribution in [2.75, 3.05) is 32.2 Å². The molecule has 3 heterocycles. The minimum Gasteiger partial charge on any atom is -0.494 e. The van der Waals surface area contributed by atoms with E-state index in [2.05, 4.69) is 20.4 Å². The van der Waals surface area contributed by atoms with Gasteiger partial charge in [-0.15, -0.1) is 0 Å². The van der Waals surface area contributed by atoms with Crippen LogP contribution in [-0.2, 0) is 11.8 Å². The average molecular weight is 459 g/mol. The van der Waals surface area contributed by atoms with Gasteiger partial charge in [0.1, 0.15) is 17.8 Å². The van der Waals surface area contributed by atoms with E-state index in [1.165, 1.54) is 6.33 Å². The third-order valence-corrected chi connectivity index (χ3v) is 5.96. The summed E-state index contributed by atoms with van der Waals surface area (Å²) in [4.78, 5) is 23.9. The molecule has 1 aliphatic rings. The van der Waals surface area contributed by atoms with Crippen molar-refractivity contribution >= 4 is 22.6 Å². The minimum atomic E-state index is -0.196. The summed E-state index contributed by atoms with van der Waals surface area (Å²) < 4.78 is 12.8. The van der Waals surface area contributed by atoms with Gasteiger partial charge in [0.05, 0.1) is 43.3 Å². The Morgan fingerprint density at radius 3 is 2.76 bits per heavy atom. The first-order chi connectivity index (χ1) is 16.5. The van der Waals surface area contributed by atoms with Crippen molar-refractivity contribution in [3.63, 3.8) is 0 Å². The van der Waals surface area contributed by atoms with Crippen LogP contribution in [0.1, 0.15) is 6.92 Å². The smallest absolute Gasteiger partial charge is 0.322 e. The molecule has 2 aromatic carbocycles. The van der Waals surface area contributed by atoms with Gasteiger partial charge >= 0.3 is 6.03 Å². The first kappa shape index (κ1) is 21.8. The molecule has 1 saturated heterocycles. The predicted molar refractivity (Wildman–Crippen MR) is 130 cm³/mol. The molecule has 0 saturated carbocycles. The van der Waals surface area contributed by atoms with Crippen LogP contribution >= 0.6 is 0 Å². The molecule has 9 nitrogen and oxygen atoms in total. The normalized spacial score (nSPS) is 16.0. The molecule has 174 valence electrons. The van der Waals surface area contributed by atoms with Crippen molar-refractivity contribution in [2.45, 2.75) is 13.0 Å². The highest BCUT2D eigenvalue weighted by atomic mass is 16.5. The second-order valence-corrected chi connectivity index (χ2v) is 8.27. The van der Waals surface area contributed by atoms with Crippen LogP contribution in [0.4, 0.5) is 10.5 Å². The molecule has 0 unspecified atom stereocenters. The lowest BCUT2D eigenvalue weighted by Crippen LogP contribution is -2.48. The molecular formula is C25H26N6O3. The Bertz CT molecular complexity index is 1340. The minimum absolute atomic E-state index is 0.0112. The highest BCUT2D eigenvalue weighted by molar-refractivity contribution is 6.01. The number of rotatable bonds is 4. The van der Waals surface area contributed by atoms with Gasteiger partial charge in [-0.05, 0) is 13.0 Å². The third kappa shape index (κ3) is 4.06. The van der Waals surface area contributed by atoms with Crippen molar-refractivity contribution in [1.82, 2.24) is 24.6 Å². The Morgan fingerprint density at radius 2 is 2.00 bits per heavy atom. The van der Waals surface area contributed by atoms with Gasteiger partial charge in [-0.1, -0.05) is 30.3 Å². The Labute approximate surface area is 197 Å². The molecule has 34 heavy (non-hydrogen) atoms. The van der Waals surface area contributed by atoms with Gasteiger partial charge < -0.3 is 19.7 Å². The molecule has 0 aliphatic carbocycles. The maximum atomic E-state index is 13.0. The Hall–Kier alpha value is -3.98. The fourth-order valence-corrected chi connectivity index (χ4v) is 4.25. The summed E-state index contributed by atoms with van der Waals surface area (Å²) in [6.45, 7) is 3.54. The zero-order chi connectivity index (χ0) is 23.7. The number of benzene rings is 2. The van der Waals surface area contributed by atoms with Gasteiger partial charge in [0, 0.05) is 42.4 Å². The van der Waals surface area contributed by atoms with E-state index in [0.29, 0.717) is 36.7 Å². The van der Waals surface area contributed by atoms with Gasteiger partial charge in [-0.25, -0.2) is 14.8 Å². The summed E-state index contributed by atoms with van der Waals surface area (Å²) >= 11 is 0. The van der Waals surface area contributed by atoms with E-state index in [1.807, 2.05) is 62.6 Å². The second kappa shape index (κ2) is 9.11. The monoisotopic (exact) mass is 458 g/mol. The van der Waals surface area contributed by atoms with Crippen LogP contribution in [0.5, 0.6) is 5.75 Å². The van der Waals surface area contributed by atoms with E-state index in [1.54, 1.807) is 16.7 Å². The molecule has 1 N–H and O–H groups in total. The number of methoxy groups -OCH3 is 1. The summed E-state index contributed by atoms with van der Waals surface area (Å²) in [5.41, 5.74) is 4.70. The molecule has 1 fully saturated rings. The number of fused-ring (bicyclic) bond motifs is 1. The molecule has 0 spiro atoms. The number of aryl methyl sites for hydroxylation is 1. The number of anilines is 1. The van der Waals surface area contributed by atoms with E-state index in [9.17, 15) is 4.79 Å². The van der Waals surface area contributed by atoms with E-state index < -0.39 is 0 Å². The topological polar surface area (TPSA) is 94.4 Å². The number of nitrogens with one attached hydrogen (secondary N) is 1. The second-order valence-electron chi connectivity index (χ2n) is 8.27. The maximum absolute atomic E-state index is 13.0. The lowest BCUT2D eigenvalue weighted by Gasteiger charge is -2.33. The van der Waals surface area contributed by atoms with Crippen LogP contribution in [0.2, 0.25) is 0 Å². The number of ether oxygens (including phenoxy) is 2. The van der Waals surface area contributed by atoms with Crippen molar-refractivity contribution in [2.24, 2.45) is 7.05 Å². The molecule has 2 amide bonds. The molecule has 5 rings (SSSR count). The van der Waals surface area contributed by atoms with E-state index >= 15 is 0 Å². The Balaban J connectivity index is 1.60. The Morgan fingerprint density at radius 1 is 1.18 bits per heavy atom. The first-order valence-electron chi connectivity index (χ1n) is 11.1. The quantitative estimate of drug-likeness (QED) is 0.498. The largest absolute Gasteiger partial charge is 0.494 e. The number of aromatic nitrogens is 4. The highest BCUT2D eigenvalue weighted by Gasteiger charge is 2.25. The number of nitrogens with zero attached hydrogens (tertiary/aromatic N) is 5. The van der Waals surface area contributed by atoms with Crippen LogP contribution in [0, 0.1) is 0 Å². The van der Waals surface area contributed by atoms with E-state index in [-0.39, 0.29) is 12.1 Å². The lowest BCUT2D eigenvalue weighted by atomic mass is 10.0. The number of hydrogen-bond donors (Lipinski definition) is 1. The molecule has 0 radical (unpaired) electrons. The first-order valence-corrected chi connectivity index (χ1v) is 11.1. The van der Waals surface area contributed by atoms with Crippen molar-refractivity contribution in [3.05, 3.63) is 55.0 Å². The zero-order valence-corrected chi connectivity index (χ0v) is 19.4. The molecule has 2 aromatic heterocycles. The number of morpholine rings is 1. The van der Waals surface area contributed by atoms with Gasteiger partial charge in [0.25, 0.3) is 0 Å². The average Bonchev–Trinajstić information content (AvgIpc) is 3.25. The van der Waals surface area contributed by atoms with Crippen molar-refractivity contribution < 1.29 is 14.3 Å². The standard InChI is InChI=1S/C25H26N6O3/c1-16-14-34-10-9-31(16)25(32)28-21-11-18-20(12-22(21)33-3)26-15-27-24(18)19-13-30(2)29-23(19)17-7-5-4-6-8-17/h4-8,11-13,15-16H,9-10,14H2,1-3H3,(H,28,32)/t16-/m0/s1. The van der Waals surface area contributed by atoms with Gasteiger partial charge in [0.15, 0.2) is 0 Å². The molecule has 9 heteroatoms. The molecule has 1 aliphatic heterocycles. The summed E-state index contributed by atoms with van der Waals surface area (Å²) in [6.07, 6.45) is 3.48. The van der Waals surface area contributed by atoms with Crippen LogP contribution in [-0.4, -0.2) is 63.6 Å². The van der Waals surface area contributed by atoms with Crippen molar-refractivity contribution in [3.8, 4) is 28.3 Å². The fourth-order valence-electron chi connectivity index (χ4n) is 4.25. The fraction of sp³-hybridized carbons (Fsp3) is 0.280. The van der Waals surface area contributed by atoms with Crippen LogP contribution in [0.3, 0.4) is 0 Å². The summed E-state index contributed by atoms with van der Waals surface area (Å²) in [6, 6.07) is 13.5. The van der Waals surface area contributed by atoms with E-state index in [0.717, 1.165) is 27.9 Å². The number of amides is 2. The highest BCUT2D eigenvalue weighted by Crippen LogP contribution is 2.37. The lowest BCUT2D eigenvalue weighted by molar-refractivity contribution is 0.0221. The predicted octanol–water partition coefficient (Wildman–Crippen LogP) is 3.96. The molecule has 4 aromatic rings. The van der Waals surface area contributed by atoms with Crippen molar-refractivity contribution in [1.29, 1.82) is 0 Å². The van der Waals surface area contributed by atoms with Crippen LogP contribution in [0.15, 0.2) is 55.0 Å². The summed E-state index contributed by atoms with van der Waals surface area (Å²) in [7, 11) is 3.46. The van der Waals surface area contributed by atoms with Gasteiger partial charge in [-0.2, -0.15) is 5.10 Å².